The molecule has 7 nitrogen and oxygen atoms in total. The zero-order valence-electron chi connectivity index (χ0n) is 14.2. The number of carbonyl (C=O) groups excluding carboxylic acids is 1. The van der Waals surface area contributed by atoms with Crippen LogP contribution in [0.1, 0.15) is 19.8 Å². The Balaban J connectivity index is 2.30. The molecule has 0 atom stereocenters. The first-order valence-electron chi connectivity index (χ1n) is 8.14. The van der Waals surface area contributed by atoms with Crippen molar-refractivity contribution in [1.82, 2.24) is 20.4 Å². The Morgan fingerprint density at radius 2 is 2.00 bits per heavy atom. The van der Waals surface area contributed by atoms with E-state index >= 15 is 0 Å². The molecule has 0 spiro atoms. The molecule has 0 saturated carbocycles. The fraction of sp³-hybridized carbons (Fsp3) is 0.867. The van der Waals surface area contributed by atoms with Crippen LogP contribution in [0.3, 0.4) is 0 Å². The monoisotopic (exact) mass is 313 g/mol. The van der Waals surface area contributed by atoms with Gasteiger partial charge in [0, 0.05) is 46.4 Å². The first kappa shape index (κ1) is 18.7. The summed E-state index contributed by atoms with van der Waals surface area (Å²) >= 11 is 0. The maximum atomic E-state index is 12.0. The van der Waals surface area contributed by atoms with Crippen molar-refractivity contribution in [3.8, 4) is 0 Å². The predicted molar refractivity (Wildman–Crippen MR) is 89.2 cm³/mol. The summed E-state index contributed by atoms with van der Waals surface area (Å²) in [4.78, 5) is 20.5. The molecule has 1 saturated heterocycles. The maximum Gasteiger partial charge on any atom is 0.244 e. The average Bonchev–Trinajstić information content (AvgIpc) is 3.04. The zero-order valence-corrected chi connectivity index (χ0v) is 14.2. The normalized spacial score (nSPS) is 15.5. The van der Waals surface area contributed by atoms with Crippen molar-refractivity contribution in [2.75, 3.05) is 66.6 Å². The van der Waals surface area contributed by atoms with Gasteiger partial charge in [0.05, 0.1) is 6.61 Å². The van der Waals surface area contributed by atoms with Gasteiger partial charge in [0.15, 0.2) is 5.96 Å². The van der Waals surface area contributed by atoms with Gasteiger partial charge in [0.25, 0.3) is 0 Å². The maximum absolute atomic E-state index is 12.0. The van der Waals surface area contributed by atoms with E-state index in [2.05, 4.69) is 27.6 Å². The number of hydrogen-bond acceptors (Lipinski definition) is 4. The summed E-state index contributed by atoms with van der Waals surface area (Å²) in [6.07, 6.45) is 2.23. The molecule has 0 radical (unpaired) electrons. The van der Waals surface area contributed by atoms with Gasteiger partial charge in [-0.15, -0.1) is 0 Å². The van der Waals surface area contributed by atoms with Gasteiger partial charge in [-0.2, -0.15) is 0 Å². The second-order valence-electron chi connectivity index (χ2n) is 5.51. The molecule has 0 bridgehead atoms. The number of guanidine groups is 1. The number of nitrogens with zero attached hydrogens (tertiary/aromatic N) is 3. The van der Waals surface area contributed by atoms with E-state index in [9.17, 15) is 4.79 Å². The molecule has 1 aliphatic rings. The molecule has 0 aliphatic carbocycles. The van der Waals surface area contributed by atoms with Gasteiger partial charge in [-0.1, -0.05) is 0 Å². The number of amides is 1. The summed E-state index contributed by atoms with van der Waals surface area (Å²) in [5.41, 5.74) is 0. The van der Waals surface area contributed by atoms with Crippen LogP contribution in [-0.2, 0) is 9.53 Å². The Hall–Kier alpha value is -1.34. The van der Waals surface area contributed by atoms with Crippen molar-refractivity contribution < 1.29 is 9.53 Å². The van der Waals surface area contributed by atoms with Crippen LogP contribution in [0.15, 0.2) is 4.99 Å². The van der Waals surface area contributed by atoms with Crippen LogP contribution in [0, 0.1) is 0 Å². The third kappa shape index (κ3) is 7.61. The highest BCUT2D eigenvalue weighted by atomic mass is 16.5. The van der Waals surface area contributed by atoms with Crippen molar-refractivity contribution in [2.45, 2.75) is 19.8 Å². The van der Waals surface area contributed by atoms with Crippen molar-refractivity contribution in [3.05, 3.63) is 0 Å². The van der Waals surface area contributed by atoms with Crippen LogP contribution >= 0.6 is 0 Å². The van der Waals surface area contributed by atoms with Gasteiger partial charge in [-0.3, -0.25) is 4.79 Å². The first-order valence-corrected chi connectivity index (χ1v) is 8.14. The molecular weight excluding hydrogens is 282 g/mol. The number of methoxy groups -OCH3 is 1. The summed E-state index contributed by atoms with van der Waals surface area (Å²) in [6, 6.07) is 0. The zero-order chi connectivity index (χ0) is 16.2. The third-order valence-electron chi connectivity index (χ3n) is 3.64. The van der Waals surface area contributed by atoms with Gasteiger partial charge < -0.3 is 25.2 Å². The van der Waals surface area contributed by atoms with Crippen LogP contribution in [0.25, 0.3) is 0 Å². The Labute approximate surface area is 134 Å². The van der Waals surface area contributed by atoms with Gasteiger partial charge >= 0.3 is 0 Å². The highest BCUT2D eigenvalue weighted by Gasteiger charge is 2.17. The van der Waals surface area contributed by atoms with E-state index in [4.69, 9.17) is 4.74 Å². The lowest BCUT2D eigenvalue weighted by Gasteiger charge is -2.18. The number of likely N-dealkylation sites (tertiary alicyclic amines) is 1. The van der Waals surface area contributed by atoms with E-state index < -0.39 is 0 Å². The van der Waals surface area contributed by atoms with E-state index in [1.54, 1.807) is 7.11 Å². The van der Waals surface area contributed by atoms with E-state index in [0.717, 1.165) is 58.7 Å². The molecule has 0 aromatic rings. The van der Waals surface area contributed by atoms with E-state index in [-0.39, 0.29) is 12.5 Å². The van der Waals surface area contributed by atoms with Crippen molar-refractivity contribution in [2.24, 2.45) is 4.99 Å². The topological polar surface area (TPSA) is 69.2 Å². The van der Waals surface area contributed by atoms with Gasteiger partial charge in [-0.05, 0) is 26.8 Å². The van der Waals surface area contributed by atoms with E-state index in [0.29, 0.717) is 5.96 Å². The summed E-state index contributed by atoms with van der Waals surface area (Å²) in [6.45, 7) is 8.08. The second-order valence-corrected chi connectivity index (χ2v) is 5.51. The average molecular weight is 313 g/mol. The SMILES string of the molecule is CCNC(=NCC(=O)N1CCCC1)NCCN(C)CCOC. The Morgan fingerprint density at radius 1 is 1.27 bits per heavy atom. The van der Waals surface area contributed by atoms with Crippen LogP contribution < -0.4 is 10.6 Å². The van der Waals surface area contributed by atoms with Crippen molar-refractivity contribution in [3.63, 3.8) is 0 Å². The molecule has 1 rings (SSSR count). The smallest absolute Gasteiger partial charge is 0.244 e. The summed E-state index contributed by atoms with van der Waals surface area (Å²) in [5.74, 6) is 0.821. The number of carbonyl (C=O) groups is 1. The second kappa shape index (κ2) is 11.3. The molecule has 1 aliphatic heterocycles. The molecule has 1 heterocycles. The molecule has 0 aromatic heterocycles. The highest BCUT2D eigenvalue weighted by Crippen LogP contribution is 2.07. The quantitative estimate of drug-likeness (QED) is 0.453. The lowest BCUT2D eigenvalue weighted by Crippen LogP contribution is -2.42. The fourth-order valence-corrected chi connectivity index (χ4v) is 2.28. The molecule has 7 heteroatoms. The Kier molecular flexibility index (Phi) is 9.57. The minimum Gasteiger partial charge on any atom is -0.383 e. The van der Waals surface area contributed by atoms with Crippen LogP contribution in [-0.4, -0.2) is 88.2 Å². The molecule has 1 fully saturated rings. The predicted octanol–water partition coefficient (Wildman–Crippen LogP) is -0.258. The van der Waals surface area contributed by atoms with Crippen LogP contribution in [0.2, 0.25) is 0 Å². The summed E-state index contributed by atoms with van der Waals surface area (Å²) < 4.78 is 5.05. The Bertz CT molecular complexity index is 343. The molecule has 1 amide bonds. The first-order chi connectivity index (χ1) is 10.7. The number of aliphatic imine (C=N–C) groups is 1. The molecule has 128 valence electrons. The summed E-state index contributed by atoms with van der Waals surface area (Å²) in [7, 11) is 3.76. The number of nitrogens with one attached hydrogen (secondary N) is 2. The van der Waals surface area contributed by atoms with Gasteiger partial charge in [-0.25, -0.2) is 4.99 Å². The highest BCUT2D eigenvalue weighted by molar-refractivity contribution is 5.85. The molecule has 22 heavy (non-hydrogen) atoms. The largest absolute Gasteiger partial charge is 0.383 e. The van der Waals surface area contributed by atoms with Crippen LogP contribution in [0.4, 0.5) is 0 Å². The number of ether oxygens (including phenoxy) is 1. The Morgan fingerprint density at radius 3 is 2.64 bits per heavy atom. The molecular formula is C15H31N5O2. The number of likely N-dealkylation sites (N-methyl/N-ethyl adjacent to an activating group) is 1. The fourth-order valence-electron chi connectivity index (χ4n) is 2.28. The lowest BCUT2D eigenvalue weighted by molar-refractivity contribution is -0.128. The van der Waals surface area contributed by atoms with Crippen molar-refractivity contribution in [1.29, 1.82) is 0 Å². The standard InChI is InChI=1S/C15H31N5O2/c1-4-16-15(17-7-10-19(2)11-12-22-3)18-13-14(21)20-8-5-6-9-20/h4-13H2,1-3H3,(H2,16,17,18). The molecule has 0 unspecified atom stereocenters. The minimum atomic E-state index is 0.118. The van der Waals surface area contributed by atoms with E-state index in [1.807, 2.05) is 11.8 Å². The third-order valence-corrected chi connectivity index (χ3v) is 3.64. The van der Waals surface area contributed by atoms with Crippen molar-refractivity contribution >= 4 is 11.9 Å². The molecule has 0 aromatic carbocycles. The van der Waals surface area contributed by atoms with Gasteiger partial charge in [0.2, 0.25) is 5.91 Å². The molecule has 2 N–H and O–H groups in total. The van der Waals surface area contributed by atoms with E-state index in [1.165, 1.54) is 0 Å². The van der Waals surface area contributed by atoms with Crippen LogP contribution in [0.5, 0.6) is 0 Å². The van der Waals surface area contributed by atoms with Gasteiger partial charge in [0.1, 0.15) is 6.54 Å². The minimum absolute atomic E-state index is 0.118. The number of rotatable bonds is 9. The lowest BCUT2D eigenvalue weighted by atomic mass is 10.4. The summed E-state index contributed by atoms with van der Waals surface area (Å²) in [5, 5.41) is 6.43. The number of hydrogen-bond donors (Lipinski definition) is 2.